The van der Waals surface area contributed by atoms with E-state index >= 15 is 0 Å². The molecule has 0 spiro atoms. The van der Waals surface area contributed by atoms with Crippen LogP contribution in [-0.4, -0.2) is 20.2 Å². The Morgan fingerprint density at radius 1 is 1.36 bits per heavy atom. The van der Waals surface area contributed by atoms with E-state index in [-0.39, 0.29) is 5.43 Å². The first-order valence-electron chi connectivity index (χ1n) is 3.92. The highest BCUT2D eigenvalue weighted by Crippen LogP contribution is 2.26. The van der Waals surface area contributed by atoms with Crippen molar-refractivity contribution in [2.75, 3.05) is 0 Å². The van der Waals surface area contributed by atoms with E-state index < -0.39 is 0 Å². The van der Waals surface area contributed by atoms with Gasteiger partial charge in [-0.25, -0.2) is 9.97 Å². The Bertz CT molecular complexity index is 671. The van der Waals surface area contributed by atoms with Crippen LogP contribution in [0.25, 0.3) is 20.4 Å². The summed E-state index contributed by atoms with van der Waals surface area (Å²) in [6.45, 7) is 0. The molecular formula is C8H4N4OS. The largest absolute Gasteiger partial charge is 0.287 e. The predicted molar refractivity (Wildman–Crippen MR) is 53.3 cm³/mol. The molecule has 3 aromatic heterocycles. The van der Waals surface area contributed by atoms with E-state index in [1.54, 1.807) is 6.20 Å². The molecule has 3 rings (SSSR count). The minimum Gasteiger partial charge on any atom is -0.287 e. The van der Waals surface area contributed by atoms with Gasteiger partial charge in [-0.05, 0) is 0 Å². The van der Waals surface area contributed by atoms with Crippen molar-refractivity contribution in [3.8, 4) is 0 Å². The number of aromatic amines is 1. The maximum atomic E-state index is 11.5. The summed E-state index contributed by atoms with van der Waals surface area (Å²) in [6, 6.07) is 0. The second-order valence-electron chi connectivity index (χ2n) is 2.78. The number of hydrogen-bond acceptors (Lipinski definition) is 5. The number of nitrogens with zero attached hydrogens (tertiary/aromatic N) is 3. The van der Waals surface area contributed by atoms with Gasteiger partial charge in [-0.1, -0.05) is 0 Å². The normalized spacial score (nSPS) is 11.1. The van der Waals surface area contributed by atoms with Crippen LogP contribution in [0.2, 0.25) is 0 Å². The fourth-order valence-electron chi connectivity index (χ4n) is 1.37. The second kappa shape index (κ2) is 2.58. The molecule has 0 radical (unpaired) electrons. The zero-order valence-electron chi connectivity index (χ0n) is 6.89. The third-order valence-electron chi connectivity index (χ3n) is 1.95. The highest BCUT2D eigenvalue weighted by molar-refractivity contribution is 7.25. The van der Waals surface area contributed by atoms with Gasteiger partial charge in [0, 0.05) is 6.20 Å². The van der Waals surface area contributed by atoms with E-state index in [4.69, 9.17) is 0 Å². The van der Waals surface area contributed by atoms with Gasteiger partial charge >= 0.3 is 0 Å². The van der Waals surface area contributed by atoms with Crippen molar-refractivity contribution >= 4 is 31.8 Å². The molecule has 0 saturated carbocycles. The van der Waals surface area contributed by atoms with E-state index in [1.807, 2.05) is 0 Å². The van der Waals surface area contributed by atoms with Crippen LogP contribution in [0.5, 0.6) is 0 Å². The number of thiophene rings is 1. The van der Waals surface area contributed by atoms with Gasteiger partial charge in [0.15, 0.2) is 0 Å². The minimum absolute atomic E-state index is 0.108. The molecule has 3 aromatic rings. The molecule has 3 heterocycles. The monoisotopic (exact) mass is 204 g/mol. The standard InChI is InChI=1S/C8H4N4OS/c13-4-1-11-12-8-6(4)7-5(14-8)2-9-3-10-7/h1-3H,(H,12,13). The molecule has 68 valence electrons. The van der Waals surface area contributed by atoms with Gasteiger partial charge in [0.05, 0.1) is 21.8 Å². The molecule has 0 amide bonds. The molecule has 0 aromatic carbocycles. The molecule has 1 N–H and O–H groups in total. The van der Waals surface area contributed by atoms with Crippen LogP contribution in [0.4, 0.5) is 0 Å². The Kier molecular flexibility index (Phi) is 1.40. The number of rotatable bonds is 0. The molecule has 0 aliphatic rings. The summed E-state index contributed by atoms with van der Waals surface area (Å²) in [5, 5.41) is 7.11. The Labute approximate surface area is 81.4 Å². The van der Waals surface area contributed by atoms with Gasteiger partial charge in [0.25, 0.3) is 0 Å². The molecule has 0 fully saturated rings. The van der Waals surface area contributed by atoms with Crippen LogP contribution in [0, 0.1) is 0 Å². The van der Waals surface area contributed by atoms with E-state index in [0.717, 1.165) is 9.53 Å². The van der Waals surface area contributed by atoms with Crippen molar-refractivity contribution in [1.29, 1.82) is 0 Å². The molecule has 0 aliphatic heterocycles. The van der Waals surface area contributed by atoms with Gasteiger partial charge in [0.2, 0.25) is 5.43 Å². The van der Waals surface area contributed by atoms with Crippen molar-refractivity contribution in [1.82, 2.24) is 20.2 Å². The molecule has 0 aliphatic carbocycles. The average molecular weight is 204 g/mol. The predicted octanol–water partition coefficient (Wildman–Crippen LogP) is 0.928. The second-order valence-corrected chi connectivity index (χ2v) is 3.83. The van der Waals surface area contributed by atoms with Crippen LogP contribution in [-0.2, 0) is 0 Å². The lowest BCUT2D eigenvalue weighted by Gasteiger charge is -1.86. The molecule has 5 nitrogen and oxygen atoms in total. The zero-order chi connectivity index (χ0) is 9.54. The van der Waals surface area contributed by atoms with Gasteiger partial charge in [0.1, 0.15) is 11.2 Å². The summed E-state index contributed by atoms with van der Waals surface area (Å²) in [6.07, 6.45) is 4.39. The molecule has 6 heteroatoms. The van der Waals surface area contributed by atoms with Crippen LogP contribution >= 0.6 is 11.3 Å². The number of H-pyrrole nitrogens is 1. The molecule has 0 unspecified atom stereocenters. The Morgan fingerprint density at radius 2 is 2.29 bits per heavy atom. The fraction of sp³-hybridized carbons (Fsp3) is 0. The molecule has 14 heavy (non-hydrogen) atoms. The third-order valence-corrected chi connectivity index (χ3v) is 2.97. The summed E-state index contributed by atoms with van der Waals surface area (Å²) in [5.41, 5.74) is 0.590. The van der Waals surface area contributed by atoms with Crippen LogP contribution in [0.1, 0.15) is 0 Å². The van der Waals surface area contributed by atoms with E-state index in [2.05, 4.69) is 20.2 Å². The Hall–Kier alpha value is -1.82. The summed E-state index contributed by atoms with van der Waals surface area (Å²) >= 11 is 1.43. The molecular weight excluding hydrogens is 200 g/mol. The van der Waals surface area contributed by atoms with E-state index in [1.165, 1.54) is 23.9 Å². The van der Waals surface area contributed by atoms with Crippen molar-refractivity contribution < 1.29 is 0 Å². The van der Waals surface area contributed by atoms with E-state index in [9.17, 15) is 4.79 Å². The summed E-state index contributed by atoms with van der Waals surface area (Å²) in [5.74, 6) is 0. The van der Waals surface area contributed by atoms with E-state index in [0.29, 0.717) is 10.9 Å². The molecule has 0 saturated heterocycles. The van der Waals surface area contributed by atoms with Gasteiger partial charge < -0.3 is 0 Å². The average Bonchev–Trinajstić information content (AvgIpc) is 2.57. The quantitative estimate of drug-likeness (QED) is 0.591. The first-order chi connectivity index (χ1) is 6.86. The number of nitrogens with one attached hydrogen (secondary N) is 1. The van der Waals surface area contributed by atoms with Crippen molar-refractivity contribution in [3.05, 3.63) is 28.9 Å². The lowest BCUT2D eigenvalue weighted by molar-refractivity contribution is 1.07. The highest BCUT2D eigenvalue weighted by atomic mass is 32.1. The summed E-state index contributed by atoms with van der Waals surface area (Å²) in [7, 11) is 0. The maximum absolute atomic E-state index is 11.5. The van der Waals surface area contributed by atoms with Gasteiger partial charge in [-0.15, -0.1) is 11.3 Å². The Morgan fingerprint density at radius 3 is 3.21 bits per heavy atom. The van der Waals surface area contributed by atoms with Gasteiger partial charge in [-0.3, -0.25) is 9.89 Å². The third kappa shape index (κ3) is 0.882. The van der Waals surface area contributed by atoms with Crippen molar-refractivity contribution in [2.24, 2.45) is 0 Å². The maximum Gasteiger partial charge on any atom is 0.211 e. The smallest absolute Gasteiger partial charge is 0.211 e. The molecule has 0 bridgehead atoms. The fourth-order valence-corrected chi connectivity index (χ4v) is 2.35. The highest BCUT2D eigenvalue weighted by Gasteiger charge is 2.08. The SMILES string of the molecule is O=c1cn[nH]c2sc3cncnc3c12. The van der Waals surface area contributed by atoms with Crippen molar-refractivity contribution in [2.45, 2.75) is 0 Å². The lowest BCUT2D eigenvalue weighted by Crippen LogP contribution is -2.01. The lowest BCUT2D eigenvalue weighted by atomic mass is 10.3. The van der Waals surface area contributed by atoms with Crippen molar-refractivity contribution in [3.63, 3.8) is 0 Å². The zero-order valence-corrected chi connectivity index (χ0v) is 7.71. The number of hydrogen-bond donors (Lipinski definition) is 1. The molecule has 0 atom stereocenters. The van der Waals surface area contributed by atoms with Crippen LogP contribution < -0.4 is 5.43 Å². The Balaban J connectivity index is 2.73. The first-order valence-corrected chi connectivity index (χ1v) is 4.74. The first kappa shape index (κ1) is 7.57. The van der Waals surface area contributed by atoms with Crippen LogP contribution in [0.3, 0.4) is 0 Å². The summed E-state index contributed by atoms with van der Waals surface area (Å²) < 4.78 is 0.892. The summed E-state index contributed by atoms with van der Waals surface area (Å²) in [4.78, 5) is 20.2. The topological polar surface area (TPSA) is 71.5 Å². The number of aromatic nitrogens is 4. The van der Waals surface area contributed by atoms with Crippen LogP contribution in [0.15, 0.2) is 23.5 Å². The minimum atomic E-state index is -0.108. The van der Waals surface area contributed by atoms with Gasteiger partial charge in [-0.2, -0.15) is 5.10 Å². The number of fused-ring (bicyclic) bond motifs is 3.